The molecule has 1 rings (SSSR count). The number of hydrogen-bond donors (Lipinski definition) is 2. The first-order valence-electron chi connectivity index (χ1n) is 4.12. The van der Waals surface area contributed by atoms with Gasteiger partial charge in [0.05, 0.1) is 0 Å². The second-order valence-corrected chi connectivity index (χ2v) is 2.59. The summed E-state index contributed by atoms with van der Waals surface area (Å²) in [7, 11) is 0. The normalized spacial score (nSPS) is 9.75. The van der Waals surface area contributed by atoms with Gasteiger partial charge in [0.25, 0.3) is 0 Å². The number of nitrogens with zero attached hydrogens (tertiary/aromatic N) is 1. The van der Waals surface area contributed by atoms with Gasteiger partial charge < -0.3 is 4.98 Å². The Kier molecular flexibility index (Phi) is 3.32. The molecule has 0 radical (unpaired) electrons. The molecule has 0 bridgehead atoms. The molecule has 0 atom stereocenters. The monoisotopic (exact) mass is 167 g/mol. The zero-order chi connectivity index (χ0) is 8.81. The first kappa shape index (κ1) is 8.77. The molecule has 0 unspecified atom stereocenters. The number of amides is 1. The lowest BCUT2D eigenvalue weighted by Gasteiger charge is -1.99. The summed E-state index contributed by atoms with van der Waals surface area (Å²) in [5.41, 5.74) is 0. The van der Waals surface area contributed by atoms with Gasteiger partial charge in [-0.25, -0.2) is 4.98 Å². The Hall–Kier alpha value is -1.32. The fourth-order valence-corrected chi connectivity index (χ4v) is 0.866. The number of nitrogens with one attached hydrogen (secondary N) is 2. The van der Waals surface area contributed by atoms with Crippen LogP contribution in [-0.4, -0.2) is 15.9 Å². The van der Waals surface area contributed by atoms with Gasteiger partial charge in [0, 0.05) is 18.8 Å². The maximum absolute atomic E-state index is 11.1. The summed E-state index contributed by atoms with van der Waals surface area (Å²) >= 11 is 0. The van der Waals surface area contributed by atoms with Crippen LogP contribution in [0.1, 0.15) is 26.2 Å². The standard InChI is InChI=1S/C8H13N3O/c1-2-3-4-7(12)11-8-9-5-6-10-8/h5-6H,2-4H2,1H3,(H2,9,10,11,12). The first-order chi connectivity index (χ1) is 5.83. The molecule has 1 aromatic rings. The van der Waals surface area contributed by atoms with Crippen LogP contribution in [0.4, 0.5) is 5.95 Å². The van der Waals surface area contributed by atoms with Crippen molar-refractivity contribution in [3.63, 3.8) is 0 Å². The Morgan fingerprint density at radius 1 is 1.75 bits per heavy atom. The number of hydrogen-bond acceptors (Lipinski definition) is 2. The number of imidazole rings is 1. The molecule has 12 heavy (non-hydrogen) atoms. The third kappa shape index (κ3) is 2.74. The molecule has 0 aliphatic rings. The van der Waals surface area contributed by atoms with Crippen molar-refractivity contribution in [3.05, 3.63) is 12.4 Å². The molecule has 4 heteroatoms. The molecule has 1 amide bonds. The lowest BCUT2D eigenvalue weighted by Crippen LogP contribution is -2.11. The van der Waals surface area contributed by atoms with E-state index in [0.717, 1.165) is 12.8 Å². The predicted octanol–water partition coefficient (Wildman–Crippen LogP) is 1.54. The van der Waals surface area contributed by atoms with Crippen molar-refractivity contribution >= 4 is 11.9 Å². The highest BCUT2D eigenvalue weighted by Gasteiger charge is 2.01. The number of rotatable bonds is 4. The second kappa shape index (κ2) is 4.54. The fourth-order valence-electron chi connectivity index (χ4n) is 0.866. The summed E-state index contributed by atoms with van der Waals surface area (Å²) in [6.07, 6.45) is 5.81. The fraction of sp³-hybridized carbons (Fsp3) is 0.500. The van der Waals surface area contributed by atoms with Crippen LogP contribution in [-0.2, 0) is 4.79 Å². The third-order valence-electron chi connectivity index (χ3n) is 1.51. The second-order valence-electron chi connectivity index (χ2n) is 2.59. The van der Waals surface area contributed by atoms with E-state index in [4.69, 9.17) is 0 Å². The Labute approximate surface area is 71.4 Å². The third-order valence-corrected chi connectivity index (χ3v) is 1.51. The van der Waals surface area contributed by atoms with Gasteiger partial charge >= 0.3 is 0 Å². The molecule has 0 aliphatic heterocycles. The molecule has 0 spiro atoms. The topological polar surface area (TPSA) is 57.8 Å². The number of carbonyl (C=O) groups is 1. The van der Waals surface area contributed by atoms with E-state index in [-0.39, 0.29) is 5.91 Å². The van der Waals surface area contributed by atoms with Crippen LogP contribution in [0.25, 0.3) is 0 Å². The molecule has 0 saturated carbocycles. The number of unbranched alkanes of at least 4 members (excludes halogenated alkanes) is 1. The average Bonchev–Trinajstić information content (AvgIpc) is 2.53. The summed E-state index contributed by atoms with van der Waals surface area (Å²) in [4.78, 5) is 17.8. The number of aromatic nitrogens is 2. The minimum absolute atomic E-state index is 0.0202. The molecule has 0 saturated heterocycles. The summed E-state index contributed by atoms with van der Waals surface area (Å²) in [5, 5.41) is 2.65. The highest BCUT2D eigenvalue weighted by Crippen LogP contribution is 1.99. The van der Waals surface area contributed by atoms with Gasteiger partial charge in [-0.15, -0.1) is 0 Å². The molecule has 0 aromatic carbocycles. The van der Waals surface area contributed by atoms with E-state index < -0.39 is 0 Å². The minimum Gasteiger partial charge on any atom is -0.331 e. The van der Waals surface area contributed by atoms with Crippen LogP contribution in [0.5, 0.6) is 0 Å². The summed E-state index contributed by atoms with van der Waals surface area (Å²) in [5.74, 6) is 0.544. The van der Waals surface area contributed by atoms with Crippen molar-refractivity contribution < 1.29 is 4.79 Å². The zero-order valence-electron chi connectivity index (χ0n) is 7.13. The molecule has 1 heterocycles. The van der Waals surface area contributed by atoms with Gasteiger partial charge in [-0.3, -0.25) is 10.1 Å². The van der Waals surface area contributed by atoms with Crippen molar-refractivity contribution in [2.24, 2.45) is 0 Å². The average molecular weight is 167 g/mol. The summed E-state index contributed by atoms with van der Waals surface area (Å²) in [6.45, 7) is 2.06. The number of carbonyl (C=O) groups excluding carboxylic acids is 1. The van der Waals surface area contributed by atoms with Crippen molar-refractivity contribution in [1.82, 2.24) is 9.97 Å². The highest BCUT2D eigenvalue weighted by atomic mass is 16.1. The highest BCUT2D eigenvalue weighted by molar-refractivity contribution is 5.88. The van der Waals surface area contributed by atoms with Gasteiger partial charge in [0.15, 0.2) is 0 Å². The maximum Gasteiger partial charge on any atom is 0.226 e. The summed E-state index contributed by atoms with van der Waals surface area (Å²) in [6, 6.07) is 0. The molecule has 1 aromatic heterocycles. The Morgan fingerprint density at radius 2 is 2.58 bits per heavy atom. The van der Waals surface area contributed by atoms with Crippen LogP contribution in [0, 0.1) is 0 Å². The van der Waals surface area contributed by atoms with Crippen LogP contribution in [0.2, 0.25) is 0 Å². The minimum atomic E-state index is 0.0202. The molecular formula is C8H13N3O. The smallest absolute Gasteiger partial charge is 0.226 e. The predicted molar refractivity (Wildman–Crippen MR) is 46.7 cm³/mol. The maximum atomic E-state index is 11.1. The Morgan fingerprint density at radius 3 is 3.17 bits per heavy atom. The largest absolute Gasteiger partial charge is 0.331 e. The lowest BCUT2D eigenvalue weighted by atomic mass is 10.2. The van der Waals surface area contributed by atoms with E-state index in [1.54, 1.807) is 12.4 Å². The van der Waals surface area contributed by atoms with E-state index in [0.29, 0.717) is 12.4 Å². The molecular weight excluding hydrogens is 154 g/mol. The van der Waals surface area contributed by atoms with Gasteiger partial charge in [0.1, 0.15) is 0 Å². The summed E-state index contributed by atoms with van der Waals surface area (Å²) < 4.78 is 0. The zero-order valence-corrected chi connectivity index (χ0v) is 7.13. The Bertz CT molecular complexity index is 230. The lowest BCUT2D eigenvalue weighted by molar-refractivity contribution is -0.116. The van der Waals surface area contributed by atoms with Gasteiger partial charge in [-0.1, -0.05) is 13.3 Å². The molecule has 4 nitrogen and oxygen atoms in total. The number of H-pyrrole nitrogens is 1. The van der Waals surface area contributed by atoms with Gasteiger partial charge in [-0.05, 0) is 6.42 Å². The molecule has 2 N–H and O–H groups in total. The molecule has 0 fully saturated rings. The van der Waals surface area contributed by atoms with Crippen LogP contribution < -0.4 is 5.32 Å². The van der Waals surface area contributed by atoms with Crippen molar-refractivity contribution in [2.45, 2.75) is 26.2 Å². The SMILES string of the molecule is CCCCC(=O)Nc1ncc[nH]1. The first-order valence-corrected chi connectivity index (χ1v) is 4.12. The van der Waals surface area contributed by atoms with Crippen LogP contribution in [0.3, 0.4) is 0 Å². The van der Waals surface area contributed by atoms with Crippen LogP contribution in [0.15, 0.2) is 12.4 Å². The van der Waals surface area contributed by atoms with Gasteiger partial charge in [0.2, 0.25) is 11.9 Å². The molecule has 0 aliphatic carbocycles. The van der Waals surface area contributed by atoms with Crippen molar-refractivity contribution in [3.8, 4) is 0 Å². The van der Waals surface area contributed by atoms with Crippen molar-refractivity contribution in [1.29, 1.82) is 0 Å². The van der Waals surface area contributed by atoms with E-state index in [1.165, 1.54) is 0 Å². The van der Waals surface area contributed by atoms with Gasteiger partial charge in [-0.2, -0.15) is 0 Å². The van der Waals surface area contributed by atoms with Crippen molar-refractivity contribution in [2.75, 3.05) is 5.32 Å². The Balaban J connectivity index is 2.27. The van der Waals surface area contributed by atoms with E-state index in [1.807, 2.05) is 0 Å². The number of aromatic amines is 1. The van der Waals surface area contributed by atoms with E-state index in [2.05, 4.69) is 22.2 Å². The molecule has 66 valence electrons. The van der Waals surface area contributed by atoms with E-state index >= 15 is 0 Å². The van der Waals surface area contributed by atoms with Crippen LogP contribution >= 0.6 is 0 Å². The quantitative estimate of drug-likeness (QED) is 0.714. The van der Waals surface area contributed by atoms with E-state index in [9.17, 15) is 4.79 Å². The number of anilines is 1.